The van der Waals surface area contributed by atoms with Crippen LogP contribution in [0.1, 0.15) is 5.56 Å². The Kier molecular flexibility index (Phi) is 6.43. The number of hydrogen-bond donors (Lipinski definition) is 0. The van der Waals surface area contributed by atoms with Crippen molar-refractivity contribution < 1.29 is 21.6 Å². The molecule has 0 spiro atoms. The van der Waals surface area contributed by atoms with Crippen molar-refractivity contribution in [3.8, 4) is 11.3 Å². The first-order valence-corrected chi connectivity index (χ1v) is 12.5. The predicted molar refractivity (Wildman–Crippen MR) is 120 cm³/mol. The average molecular weight is 522 g/mol. The van der Waals surface area contributed by atoms with Crippen molar-refractivity contribution in [3.63, 3.8) is 0 Å². The van der Waals surface area contributed by atoms with E-state index < -0.39 is 26.7 Å². The maximum absolute atomic E-state index is 13.3. The SMILES string of the molecule is O=S(=O)(c1ccccc1C(F)(F)F)N1CCN(c2nc(-c3ccc(Cl)c(Cl)c3)cs2)CC1. The third kappa shape index (κ3) is 4.60. The van der Waals surface area contributed by atoms with Crippen LogP contribution in [-0.4, -0.2) is 43.9 Å². The number of piperazine rings is 1. The van der Waals surface area contributed by atoms with E-state index in [2.05, 4.69) is 4.98 Å². The van der Waals surface area contributed by atoms with Crippen LogP contribution in [0.5, 0.6) is 0 Å². The molecule has 0 amide bonds. The molecule has 1 aliphatic heterocycles. The lowest BCUT2D eigenvalue weighted by atomic mass is 10.2. The maximum Gasteiger partial charge on any atom is 0.417 e. The Labute approximate surface area is 197 Å². The van der Waals surface area contributed by atoms with Gasteiger partial charge in [-0.25, -0.2) is 13.4 Å². The summed E-state index contributed by atoms with van der Waals surface area (Å²) < 4.78 is 66.8. The molecule has 4 rings (SSSR count). The van der Waals surface area contributed by atoms with Gasteiger partial charge < -0.3 is 4.90 Å². The van der Waals surface area contributed by atoms with Gasteiger partial charge in [-0.2, -0.15) is 17.5 Å². The number of anilines is 1. The largest absolute Gasteiger partial charge is 0.417 e. The van der Waals surface area contributed by atoms with E-state index in [9.17, 15) is 21.6 Å². The van der Waals surface area contributed by atoms with Crippen LogP contribution < -0.4 is 4.90 Å². The van der Waals surface area contributed by atoms with Crippen LogP contribution in [0.3, 0.4) is 0 Å². The van der Waals surface area contributed by atoms with E-state index in [1.165, 1.54) is 23.5 Å². The zero-order valence-corrected chi connectivity index (χ0v) is 19.5. The molecular formula is C20H16Cl2F3N3O2S2. The molecule has 12 heteroatoms. The highest BCUT2D eigenvalue weighted by Crippen LogP contribution is 2.36. The summed E-state index contributed by atoms with van der Waals surface area (Å²) in [4.78, 5) is 5.78. The van der Waals surface area contributed by atoms with Crippen molar-refractivity contribution >= 4 is 49.7 Å². The fourth-order valence-corrected chi connectivity index (χ4v) is 6.20. The van der Waals surface area contributed by atoms with Crippen LogP contribution in [0.15, 0.2) is 52.7 Å². The number of rotatable bonds is 4. The summed E-state index contributed by atoms with van der Waals surface area (Å²) in [5.74, 6) is 0. The van der Waals surface area contributed by atoms with E-state index in [1.807, 2.05) is 10.3 Å². The van der Waals surface area contributed by atoms with Gasteiger partial charge in [0.2, 0.25) is 10.0 Å². The van der Waals surface area contributed by atoms with E-state index in [4.69, 9.17) is 23.2 Å². The molecule has 1 saturated heterocycles. The Morgan fingerprint density at radius 2 is 1.66 bits per heavy atom. The van der Waals surface area contributed by atoms with Gasteiger partial charge in [0.25, 0.3) is 0 Å². The smallest absolute Gasteiger partial charge is 0.345 e. The van der Waals surface area contributed by atoms with E-state index in [1.54, 1.807) is 18.2 Å². The van der Waals surface area contributed by atoms with E-state index in [0.717, 1.165) is 22.0 Å². The maximum atomic E-state index is 13.3. The van der Waals surface area contributed by atoms with E-state index in [0.29, 0.717) is 34.0 Å². The molecule has 0 radical (unpaired) electrons. The number of hydrogen-bond acceptors (Lipinski definition) is 5. The molecule has 0 saturated carbocycles. The molecule has 170 valence electrons. The highest BCUT2D eigenvalue weighted by Gasteiger charge is 2.39. The van der Waals surface area contributed by atoms with Crippen LogP contribution in [0.25, 0.3) is 11.3 Å². The summed E-state index contributed by atoms with van der Waals surface area (Å²) in [6, 6.07) is 9.44. The molecule has 0 N–H and O–H groups in total. The van der Waals surface area contributed by atoms with Crippen molar-refractivity contribution in [1.29, 1.82) is 0 Å². The molecular weight excluding hydrogens is 506 g/mol. The average Bonchev–Trinajstić information content (AvgIpc) is 3.25. The van der Waals surface area contributed by atoms with Gasteiger partial charge in [-0.05, 0) is 24.3 Å². The van der Waals surface area contributed by atoms with Crippen LogP contribution in [0.2, 0.25) is 10.0 Å². The van der Waals surface area contributed by atoms with Gasteiger partial charge in [0, 0.05) is 37.1 Å². The number of halogens is 5. The molecule has 1 aliphatic rings. The molecule has 0 unspecified atom stereocenters. The molecule has 1 aromatic heterocycles. The van der Waals surface area contributed by atoms with Crippen LogP contribution in [0, 0.1) is 0 Å². The number of aromatic nitrogens is 1. The zero-order valence-electron chi connectivity index (χ0n) is 16.3. The molecule has 3 aromatic rings. The Balaban J connectivity index is 1.49. The van der Waals surface area contributed by atoms with Gasteiger partial charge in [-0.1, -0.05) is 41.4 Å². The second kappa shape index (κ2) is 8.83. The number of benzene rings is 2. The van der Waals surface area contributed by atoms with Gasteiger partial charge in [0.05, 0.1) is 26.2 Å². The number of nitrogens with zero attached hydrogens (tertiary/aromatic N) is 3. The molecule has 0 aliphatic carbocycles. The molecule has 32 heavy (non-hydrogen) atoms. The monoisotopic (exact) mass is 521 g/mol. The van der Waals surface area contributed by atoms with Gasteiger partial charge in [-0.3, -0.25) is 0 Å². The Bertz CT molecular complexity index is 1240. The summed E-state index contributed by atoms with van der Waals surface area (Å²) in [5, 5.41) is 3.41. The van der Waals surface area contributed by atoms with Gasteiger partial charge in [0.15, 0.2) is 5.13 Å². The lowest BCUT2D eigenvalue weighted by molar-refractivity contribution is -0.139. The fraction of sp³-hybridized carbons (Fsp3) is 0.250. The minimum absolute atomic E-state index is 0.0518. The Morgan fingerprint density at radius 1 is 0.969 bits per heavy atom. The topological polar surface area (TPSA) is 53.5 Å². The number of alkyl halides is 3. The van der Waals surface area contributed by atoms with Gasteiger partial charge in [-0.15, -0.1) is 11.3 Å². The molecule has 5 nitrogen and oxygen atoms in total. The normalized spacial score (nSPS) is 15.8. The second-order valence-electron chi connectivity index (χ2n) is 7.03. The Morgan fingerprint density at radius 3 is 2.31 bits per heavy atom. The molecule has 1 fully saturated rings. The van der Waals surface area contributed by atoms with Crippen molar-refractivity contribution in [1.82, 2.24) is 9.29 Å². The van der Waals surface area contributed by atoms with Crippen LogP contribution in [-0.2, 0) is 16.2 Å². The molecule has 0 bridgehead atoms. The van der Waals surface area contributed by atoms with Crippen LogP contribution >= 0.6 is 34.5 Å². The third-order valence-electron chi connectivity index (χ3n) is 5.03. The standard InChI is InChI=1S/C20H16Cl2F3N3O2S2/c21-15-6-5-13(11-16(15)22)17-12-31-19(26-17)27-7-9-28(10-8-27)32(29,30)18-4-2-1-3-14(18)20(23,24)25/h1-6,11-12H,7-10H2. The lowest BCUT2D eigenvalue weighted by Crippen LogP contribution is -2.48. The van der Waals surface area contributed by atoms with Gasteiger partial charge >= 0.3 is 6.18 Å². The van der Waals surface area contributed by atoms with Crippen molar-refractivity contribution in [2.24, 2.45) is 0 Å². The first kappa shape index (κ1) is 23.3. The minimum Gasteiger partial charge on any atom is -0.345 e. The van der Waals surface area contributed by atoms with Crippen molar-refractivity contribution in [2.45, 2.75) is 11.1 Å². The molecule has 2 aromatic carbocycles. The number of thiazole rings is 1. The third-order valence-corrected chi connectivity index (χ3v) is 8.62. The van der Waals surface area contributed by atoms with E-state index >= 15 is 0 Å². The summed E-state index contributed by atoms with van der Waals surface area (Å²) in [5.41, 5.74) is 0.346. The summed E-state index contributed by atoms with van der Waals surface area (Å²) in [7, 11) is -4.29. The predicted octanol–water partition coefficient (Wildman–Crippen LogP) is 5.65. The van der Waals surface area contributed by atoms with Gasteiger partial charge in [0.1, 0.15) is 0 Å². The summed E-state index contributed by atoms with van der Waals surface area (Å²) in [6.45, 7) is 0.718. The first-order chi connectivity index (χ1) is 15.1. The summed E-state index contributed by atoms with van der Waals surface area (Å²) in [6.07, 6.45) is -4.76. The zero-order chi connectivity index (χ0) is 23.1. The highest BCUT2D eigenvalue weighted by molar-refractivity contribution is 7.89. The lowest BCUT2D eigenvalue weighted by Gasteiger charge is -2.34. The molecule has 0 atom stereocenters. The number of sulfonamides is 1. The van der Waals surface area contributed by atoms with Crippen LogP contribution in [0.4, 0.5) is 18.3 Å². The highest BCUT2D eigenvalue weighted by atomic mass is 35.5. The quantitative estimate of drug-likeness (QED) is 0.445. The van der Waals surface area contributed by atoms with E-state index in [-0.39, 0.29) is 13.1 Å². The van der Waals surface area contributed by atoms with Crippen molar-refractivity contribution in [3.05, 3.63) is 63.5 Å². The van der Waals surface area contributed by atoms with Crippen molar-refractivity contribution in [2.75, 3.05) is 31.1 Å². The minimum atomic E-state index is -4.76. The second-order valence-corrected chi connectivity index (χ2v) is 10.6. The molecule has 2 heterocycles. The fourth-order valence-electron chi connectivity index (χ4n) is 3.38. The first-order valence-electron chi connectivity index (χ1n) is 9.39. The summed E-state index contributed by atoms with van der Waals surface area (Å²) >= 11 is 13.4. The Hall–Kier alpha value is -1.85.